The molecule has 0 bridgehead atoms. The quantitative estimate of drug-likeness (QED) is 0.853. The van der Waals surface area contributed by atoms with Gasteiger partial charge in [-0.15, -0.1) is 0 Å². The molecule has 1 unspecified atom stereocenters. The Morgan fingerprint density at radius 2 is 2.00 bits per heavy atom. The molecule has 2 nitrogen and oxygen atoms in total. The van der Waals surface area contributed by atoms with Gasteiger partial charge in [-0.1, -0.05) is 34.1 Å². The van der Waals surface area contributed by atoms with E-state index in [0.717, 1.165) is 15.7 Å². The molecule has 0 heterocycles. The van der Waals surface area contributed by atoms with E-state index in [2.05, 4.69) is 45.2 Å². The molecule has 21 heavy (non-hydrogen) atoms. The lowest BCUT2D eigenvalue weighted by Gasteiger charge is -2.25. The molecule has 2 aromatic rings. The van der Waals surface area contributed by atoms with Crippen molar-refractivity contribution in [2.45, 2.75) is 19.5 Å². The normalized spacial score (nSPS) is 12.2. The number of rotatable bonds is 5. The molecule has 0 aliphatic heterocycles. The molecule has 0 aromatic heterocycles. The van der Waals surface area contributed by atoms with Gasteiger partial charge in [0.15, 0.2) is 0 Å². The molecular formula is C17H20BrFN2. The first-order chi connectivity index (χ1) is 10.0. The Labute approximate surface area is 134 Å². The van der Waals surface area contributed by atoms with E-state index in [1.165, 1.54) is 11.6 Å². The van der Waals surface area contributed by atoms with Crippen molar-refractivity contribution in [1.29, 1.82) is 0 Å². The fourth-order valence-electron chi connectivity index (χ4n) is 2.36. The van der Waals surface area contributed by atoms with Crippen molar-refractivity contribution in [3.05, 3.63) is 63.9 Å². The van der Waals surface area contributed by atoms with E-state index in [0.29, 0.717) is 6.54 Å². The van der Waals surface area contributed by atoms with E-state index in [9.17, 15) is 4.39 Å². The van der Waals surface area contributed by atoms with E-state index in [4.69, 9.17) is 0 Å². The van der Waals surface area contributed by atoms with E-state index in [-0.39, 0.29) is 11.9 Å². The van der Waals surface area contributed by atoms with Gasteiger partial charge in [-0.25, -0.2) is 4.39 Å². The summed E-state index contributed by atoms with van der Waals surface area (Å²) in [5, 5.41) is 3.27. The largest absolute Gasteiger partial charge is 0.370 e. The summed E-state index contributed by atoms with van der Waals surface area (Å²) in [6.45, 7) is 2.79. The Bertz CT molecular complexity index is 615. The monoisotopic (exact) mass is 350 g/mol. The summed E-state index contributed by atoms with van der Waals surface area (Å²) in [4.78, 5) is 2.14. The summed E-state index contributed by atoms with van der Waals surface area (Å²) in [5.74, 6) is -0.195. The highest BCUT2D eigenvalue weighted by molar-refractivity contribution is 9.10. The van der Waals surface area contributed by atoms with Crippen LogP contribution in [-0.4, -0.2) is 14.1 Å². The van der Waals surface area contributed by atoms with Gasteiger partial charge in [-0.3, -0.25) is 0 Å². The lowest BCUT2D eigenvalue weighted by atomic mass is 10.0. The molecule has 2 rings (SSSR count). The first kappa shape index (κ1) is 16.0. The van der Waals surface area contributed by atoms with Crippen LogP contribution in [0.25, 0.3) is 0 Å². The minimum atomic E-state index is -0.195. The van der Waals surface area contributed by atoms with Gasteiger partial charge in [0.1, 0.15) is 5.82 Å². The number of benzene rings is 2. The molecule has 0 saturated heterocycles. The van der Waals surface area contributed by atoms with Crippen molar-refractivity contribution in [2.75, 3.05) is 19.0 Å². The molecule has 4 heteroatoms. The van der Waals surface area contributed by atoms with Crippen LogP contribution in [0.4, 0.5) is 10.1 Å². The molecule has 0 radical (unpaired) electrons. The van der Waals surface area contributed by atoms with Gasteiger partial charge < -0.3 is 10.2 Å². The molecule has 1 atom stereocenters. The third-order valence-corrected chi connectivity index (χ3v) is 4.11. The van der Waals surface area contributed by atoms with Gasteiger partial charge in [0, 0.05) is 29.8 Å². The number of anilines is 1. The fraction of sp³-hybridized carbons (Fsp3) is 0.294. The SMILES string of the molecule is CNC(C)c1ccc(Br)cc1N(C)Cc1cccc(F)c1. The average molecular weight is 351 g/mol. The van der Waals surface area contributed by atoms with Crippen molar-refractivity contribution >= 4 is 21.6 Å². The highest BCUT2D eigenvalue weighted by Crippen LogP contribution is 2.30. The highest BCUT2D eigenvalue weighted by atomic mass is 79.9. The summed E-state index contributed by atoms with van der Waals surface area (Å²) in [6.07, 6.45) is 0. The summed E-state index contributed by atoms with van der Waals surface area (Å²) >= 11 is 3.53. The third kappa shape index (κ3) is 4.05. The second-order valence-electron chi connectivity index (χ2n) is 5.20. The number of nitrogens with one attached hydrogen (secondary N) is 1. The van der Waals surface area contributed by atoms with Crippen LogP contribution in [0.3, 0.4) is 0 Å². The highest BCUT2D eigenvalue weighted by Gasteiger charge is 2.13. The van der Waals surface area contributed by atoms with Gasteiger partial charge in [0.05, 0.1) is 0 Å². The van der Waals surface area contributed by atoms with Crippen LogP contribution >= 0.6 is 15.9 Å². The van der Waals surface area contributed by atoms with Crippen molar-refractivity contribution < 1.29 is 4.39 Å². The summed E-state index contributed by atoms with van der Waals surface area (Å²) in [5.41, 5.74) is 3.32. The second-order valence-corrected chi connectivity index (χ2v) is 6.12. The Kier molecular flexibility index (Phi) is 5.37. The van der Waals surface area contributed by atoms with Gasteiger partial charge in [-0.2, -0.15) is 0 Å². The van der Waals surface area contributed by atoms with E-state index >= 15 is 0 Å². The molecular weight excluding hydrogens is 331 g/mol. The maximum absolute atomic E-state index is 13.3. The van der Waals surface area contributed by atoms with Gasteiger partial charge in [0.25, 0.3) is 0 Å². The average Bonchev–Trinajstić information content (AvgIpc) is 2.46. The molecule has 0 aliphatic carbocycles. The van der Waals surface area contributed by atoms with Crippen LogP contribution in [0, 0.1) is 5.82 Å². The predicted octanol–water partition coefficient (Wildman–Crippen LogP) is 4.51. The number of halogens is 2. The topological polar surface area (TPSA) is 15.3 Å². The maximum Gasteiger partial charge on any atom is 0.123 e. The lowest BCUT2D eigenvalue weighted by molar-refractivity contribution is 0.624. The van der Waals surface area contributed by atoms with Crippen LogP contribution in [0.15, 0.2) is 46.9 Å². The van der Waals surface area contributed by atoms with Gasteiger partial charge in [0.2, 0.25) is 0 Å². The second kappa shape index (κ2) is 7.05. The first-order valence-corrected chi connectivity index (χ1v) is 7.73. The van der Waals surface area contributed by atoms with Gasteiger partial charge >= 0.3 is 0 Å². The zero-order valence-electron chi connectivity index (χ0n) is 12.5. The molecule has 0 saturated carbocycles. The van der Waals surface area contributed by atoms with E-state index in [1.54, 1.807) is 12.1 Å². The minimum absolute atomic E-state index is 0.195. The number of hydrogen-bond donors (Lipinski definition) is 1. The smallest absolute Gasteiger partial charge is 0.123 e. The Morgan fingerprint density at radius 1 is 1.24 bits per heavy atom. The van der Waals surface area contributed by atoms with E-state index in [1.807, 2.05) is 26.2 Å². The van der Waals surface area contributed by atoms with Crippen molar-refractivity contribution in [2.24, 2.45) is 0 Å². The zero-order chi connectivity index (χ0) is 15.4. The lowest BCUT2D eigenvalue weighted by Crippen LogP contribution is -2.21. The Morgan fingerprint density at radius 3 is 2.67 bits per heavy atom. The molecule has 0 spiro atoms. The van der Waals surface area contributed by atoms with Crippen LogP contribution in [0.1, 0.15) is 24.1 Å². The van der Waals surface area contributed by atoms with Gasteiger partial charge in [-0.05, 0) is 49.4 Å². The fourth-order valence-corrected chi connectivity index (χ4v) is 2.71. The van der Waals surface area contributed by atoms with Crippen LogP contribution in [0.2, 0.25) is 0 Å². The van der Waals surface area contributed by atoms with Crippen molar-refractivity contribution in [3.8, 4) is 0 Å². The first-order valence-electron chi connectivity index (χ1n) is 6.93. The third-order valence-electron chi connectivity index (χ3n) is 3.61. The zero-order valence-corrected chi connectivity index (χ0v) is 14.1. The maximum atomic E-state index is 13.3. The molecule has 0 aliphatic rings. The van der Waals surface area contributed by atoms with Crippen molar-refractivity contribution in [3.63, 3.8) is 0 Å². The molecule has 112 valence electrons. The molecule has 2 aromatic carbocycles. The predicted molar refractivity (Wildman–Crippen MR) is 90.1 cm³/mol. The number of hydrogen-bond acceptors (Lipinski definition) is 2. The Hall–Kier alpha value is -1.39. The summed E-state index contributed by atoms with van der Waals surface area (Å²) < 4.78 is 14.3. The summed E-state index contributed by atoms with van der Waals surface area (Å²) in [7, 11) is 3.97. The number of nitrogens with zero attached hydrogens (tertiary/aromatic N) is 1. The molecule has 0 amide bonds. The standard InChI is InChI=1S/C17H20BrFN2/c1-12(20-2)16-8-7-14(18)10-17(16)21(3)11-13-5-4-6-15(19)9-13/h4-10,12,20H,11H2,1-3H3. The Balaban J connectivity index is 2.29. The van der Waals surface area contributed by atoms with Crippen molar-refractivity contribution in [1.82, 2.24) is 5.32 Å². The van der Waals surface area contributed by atoms with E-state index < -0.39 is 0 Å². The van der Waals surface area contributed by atoms with Crippen LogP contribution in [0.5, 0.6) is 0 Å². The minimum Gasteiger partial charge on any atom is -0.370 e. The van der Waals surface area contributed by atoms with Crippen LogP contribution in [-0.2, 0) is 6.54 Å². The molecule has 1 N–H and O–H groups in total. The summed E-state index contributed by atoms with van der Waals surface area (Å²) in [6, 6.07) is 13.2. The molecule has 0 fully saturated rings. The van der Waals surface area contributed by atoms with Crippen LogP contribution < -0.4 is 10.2 Å².